The average Bonchev–Trinajstić information content (AvgIpc) is 2.37. The number of halogens is 2. The van der Waals surface area contributed by atoms with Gasteiger partial charge in [-0.25, -0.2) is 0 Å². The number of aliphatic hydroxyl groups excluding tert-OH is 1. The molecule has 2 nitrogen and oxygen atoms in total. The van der Waals surface area contributed by atoms with Crippen molar-refractivity contribution >= 4 is 39.3 Å². The van der Waals surface area contributed by atoms with Crippen molar-refractivity contribution in [1.82, 2.24) is 4.98 Å². The molecule has 1 unspecified atom stereocenters. The molecule has 0 aliphatic rings. The fraction of sp³-hybridized carbons (Fsp3) is 0.154. The van der Waals surface area contributed by atoms with Gasteiger partial charge in [0.05, 0.1) is 5.69 Å². The normalized spacial score (nSPS) is 12.4. The second-order valence-corrected chi connectivity index (χ2v) is 6.13. The van der Waals surface area contributed by atoms with Crippen molar-refractivity contribution in [2.24, 2.45) is 0 Å². The Morgan fingerprint density at radius 3 is 2.83 bits per heavy atom. The summed E-state index contributed by atoms with van der Waals surface area (Å²) in [5.41, 5.74) is 0.674. The first-order valence-corrected chi connectivity index (χ1v) is 7.48. The van der Waals surface area contributed by atoms with Gasteiger partial charge in [0.25, 0.3) is 0 Å². The standard InChI is InChI=1S/C13H11BrClNOS/c14-9-4-5-12(16-7-9)13(17)8-18-11-3-1-2-10(15)6-11/h1-7,13,17H,8H2. The van der Waals surface area contributed by atoms with Crippen LogP contribution in [0, 0.1) is 0 Å². The molecule has 0 aliphatic heterocycles. The van der Waals surface area contributed by atoms with E-state index < -0.39 is 6.10 Å². The van der Waals surface area contributed by atoms with E-state index in [1.807, 2.05) is 36.4 Å². The number of rotatable bonds is 4. The van der Waals surface area contributed by atoms with Gasteiger partial charge in [-0.3, -0.25) is 4.98 Å². The summed E-state index contributed by atoms with van der Waals surface area (Å²) in [6.45, 7) is 0. The van der Waals surface area contributed by atoms with E-state index in [1.54, 1.807) is 18.0 Å². The highest BCUT2D eigenvalue weighted by molar-refractivity contribution is 9.10. The van der Waals surface area contributed by atoms with Crippen LogP contribution in [0.15, 0.2) is 52.0 Å². The molecule has 2 aromatic rings. The van der Waals surface area contributed by atoms with Crippen molar-refractivity contribution in [3.8, 4) is 0 Å². The van der Waals surface area contributed by atoms with Crippen LogP contribution in [-0.4, -0.2) is 15.8 Å². The van der Waals surface area contributed by atoms with Crippen LogP contribution >= 0.6 is 39.3 Å². The van der Waals surface area contributed by atoms with Crippen molar-refractivity contribution in [3.63, 3.8) is 0 Å². The number of hydrogen-bond donors (Lipinski definition) is 1. The number of thioether (sulfide) groups is 1. The zero-order chi connectivity index (χ0) is 13.0. The molecule has 0 spiro atoms. The van der Waals surface area contributed by atoms with Crippen LogP contribution in [0.3, 0.4) is 0 Å². The third kappa shape index (κ3) is 3.99. The second kappa shape index (κ2) is 6.57. The molecule has 0 fully saturated rings. The molecule has 0 saturated carbocycles. The molecule has 2 rings (SSSR count). The lowest BCUT2D eigenvalue weighted by molar-refractivity contribution is 0.199. The first-order valence-electron chi connectivity index (χ1n) is 5.33. The van der Waals surface area contributed by atoms with Crippen molar-refractivity contribution in [3.05, 3.63) is 57.8 Å². The van der Waals surface area contributed by atoms with Gasteiger partial charge in [-0.1, -0.05) is 17.7 Å². The predicted octanol–water partition coefficient (Wildman–Crippen LogP) is 4.32. The van der Waals surface area contributed by atoms with Gasteiger partial charge in [0.1, 0.15) is 6.10 Å². The Bertz CT molecular complexity index is 521. The van der Waals surface area contributed by atoms with Gasteiger partial charge in [-0.05, 0) is 46.3 Å². The van der Waals surface area contributed by atoms with Gasteiger partial charge in [0.2, 0.25) is 0 Å². The summed E-state index contributed by atoms with van der Waals surface area (Å²) < 4.78 is 0.904. The molecule has 18 heavy (non-hydrogen) atoms. The molecule has 1 heterocycles. The van der Waals surface area contributed by atoms with Crippen molar-refractivity contribution < 1.29 is 5.11 Å². The number of hydrogen-bond acceptors (Lipinski definition) is 3. The maximum atomic E-state index is 10.0. The van der Waals surface area contributed by atoms with Crippen LogP contribution in [0.25, 0.3) is 0 Å². The molecule has 0 bridgehead atoms. The minimum atomic E-state index is -0.581. The van der Waals surface area contributed by atoms with E-state index in [9.17, 15) is 5.11 Å². The van der Waals surface area contributed by atoms with E-state index >= 15 is 0 Å². The Balaban J connectivity index is 1.96. The largest absolute Gasteiger partial charge is 0.386 e. The molecule has 0 aliphatic carbocycles. The molecule has 94 valence electrons. The Morgan fingerprint density at radius 1 is 1.33 bits per heavy atom. The number of pyridine rings is 1. The predicted molar refractivity (Wildman–Crippen MR) is 79.1 cm³/mol. The summed E-state index contributed by atoms with van der Waals surface area (Å²) in [6.07, 6.45) is 1.10. The van der Waals surface area contributed by atoms with Gasteiger partial charge in [0.15, 0.2) is 0 Å². The topological polar surface area (TPSA) is 33.1 Å². The Kier molecular flexibility index (Phi) is 5.06. The van der Waals surface area contributed by atoms with Crippen LogP contribution in [0.5, 0.6) is 0 Å². The second-order valence-electron chi connectivity index (χ2n) is 3.69. The van der Waals surface area contributed by atoms with E-state index in [4.69, 9.17) is 11.6 Å². The highest BCUT2D eigenvalue weighted by Crippen LogP contribution is 2.26. The summed E-state index contributed by atoms with van der Waals surface area (Å²) in [4.78, 5) is 5.21. The smallest absolute Gasteiger partial charge is 0.105 e. The Morgan fingerprint density at radius 2 is 2.17 bits per heavy atom. The first-order chi connectivity index (χ1) is 8.65. The summed E-state index contributed by atoms with van der Waals surface area (Å²) >= 11 is 10.8. The SMILES string of the molecule is OC(CSc1cccc(Cl)c1)c1ccc(Br)cn1. The molecule has 0 radical (unpaired) electrons. The molecule has 1 aromatic heterocycles. The van der Waals surface area contributed by atoms with E-state index in [0.717, 1.165) is 9.37 Å². The van der Waals surface area contributed by atoms with Crippen LogP contribution < -0.4 is 0 Å². The van der Waals surface area contributed by atoms with E-state index in [0.29, 0.717) is 16.5 Å². The number of aromatic nitrogens is 1. The van der Waals surface area contributed by atoms with E-state index in [-0.39, 0.29) is 0 Å². The summed E-state index contributed by atoms with van der Waals surface area (Å²) in [5.74, 6) is 0.551. The van der Waals surface area contributed by atoms with Crippen LogP contribution in [0.2, 0.25) is 5.02 Å². The lowest BCUT2D eigenvalue weighted by atomic mass is 10.2. The zero-order valence-corrected chi connectivity index (χ0v) is 12.5. The van der Waals surface area contributed by atoms with Crippen molar-refractivity contribution in [2.75, 3.05) is 5.75 Å². The minimum Gasteiger partial charge on any atom is -0.386 e. The van der Waals surface area contributed by atoms with Gasteiger partial charge < -0.3 is 5.11 Å². The maximum Gasteiger partial charge on any atom is 0.105 e. The molecule has 1 aromatic carbocycles. The lowest BCUT2D eigenvalue weighted by Crippen LogP contribution is -2.02. The third-order valence-electron chi connectivity index (χ3n) is 2.30. The van der Waals surface area contributed by atoms with Gasteiger partial charge in [-0.2, -0.15) is 0 Å². The molecule has 0 saturated heterocycles. The van der Waals surface area contributed by atoms with Crippen LogP contribution in [-0.2, 0) is 0 Å². The molecular weight excluding hydrogens is 334 g/mol. The van der Waals surface area contributed by atoms with E-state index in [2.05, 4.69) is 20.9 Å². The number of nitrogens with zero attached hydrogens (tertiary/aromatic N) is 1. The minimum absolute atomic E-state index is 0.551. The molecule has 1 N–H and O–H groups in total. The third-order valence-corrected chi connectivity index (χ3v) is 4.07. The average molecular weight is 345 g/mol. The number of aliphatic hydroxyl groups is 1. The van der Waals surface area contributed by atoms with E-state index in [1.165, 1.54) is 0 Å². The quantitative estimate of drug-likeness (QED) is 0.838. The maximum absolute atomic E-state index is 10.0. The lowest BCUT2D eigenvalue weighted by Gasteiger charge is -2.09. The first kappa shape index (κ1) is 13.9. The fourth-order valence-electron chi connectivity index (χ4n) is 1.40. The summed E-state index contributed by atoms with van der Waals surface area (Å²) in [5, 5.41) is 10.7. The zero-order valence-electron chi connectivity index (χ0n) is 9.38. The van der Waals surface area contributed by atoms with Crippen molar-refractivity contribution in [2.45, 2.75) is 11.0 Å². The van der Waals surface area contributed by atoms with Gasteiger partial charge >= 0.3 is 0 Å². The number of benzene rings is 1. The molecule has 1 atom stereocenters. The van der Waals surface area contributed by atoms with Gasteiger partial charge in [0, 0.05) is 26.3 Å². The molecule has 0 amide bonds. The molecule has 5 heteroatoms. The monoisotopic (exact) mass is 343 g/mol. The van der Waals surface area contributed by atoms with Crippen LogP contribution in [0.1, 0.15) is 11.8 Å². The van der Waals surface area contributed by atoms with Gasteiger partial charge in [-0.15, -0.1) is 11.8 Å². The Hall–Kier alpha value is -0.550. The Labute approximate surface area is 124 Å². The highest BCUT2D eigenvalue weighted by atomic mass is 79.9. The van der Waals surface area contributed by atoms with Crippen LogP contribution in [0.4, 0.5) is 0 Å². The fourth-order valence-corrected chi connectivity index (χ4v) is 2.80. The van der Waals surface area contributed by atoms with Crippen molar-refractivity contribution in [1.29, 1.82) is 0 Å². The molecular formula is C13H11BrClNOS. The highest BCUT2D eigenvalue weighted by Gasteiger charge is 2.09. The summed E-state index contributed by atoms with van der Waals surface area (Å²) in [6, 6.07) is 11.3. The summed E-state index contributed by atoms with van der Waals surface area (Å²) in [7, 11) is 0.